The Hall–Kier alpha value is -1.40. The lowest BCUT2D eigenvalue weighted by molar-refractivity contribution is -0.145. The number of aliphatic hydroxyl groups is 2. The second-order valence-corrected chi connectivity index (χ2v) is 8.20. The average Bonchev–Trinajstić information content (AvgIpc) is 3.21. The SMILES string of the molecule is C[C@H]1C=C(C[C@@H](O)CCCCCCCCCC[C@@H](O)[C@H]2CCC(=O)O2)C(=O)O1. The number of rotatable bonds is 14. The van der Waals surface area contributed by atoms with Crippen molar-refractivity contribution in [3.8, 4) is 0 Å². The molecule has 0 aromatic carbocycles. The minimum absolute atomic E-state index is 0.168. The lowest BCUT2D eigenvalue weighted by Gasteiger charge is -2.16. The third-order valence-corrected chi connectivity index (χ3v) is 5.58. The number of aliphatic hydroxyl groups excluding tert-OH is 2. The van der Waals surface area contributed by atoms with Crippen LogP contribution in [0.5, 0.6) is 0 Å². The summed E-state index contributed by atoms with van der Waals surface area (Å²) in [6.45, 7) is 1.83. The van der Waals surface area contributed by atoms with Gasteiger partial charge in [0, 0.05) is 18.4 Å². The number of hydrogen-bond acceptors (Lipinski definition) is 6. The minimum atomic E-state index is -0.511. The number of esters is 2. The topological polar surface area (TPSA) is 93.1 Å². The van der Waals surface area contributed by atoms with Gasteiger partial charge in [-0.3, -0.25) is 4.79 Å². The van der Waals surface area contributed by atoms with Crippen molar-refractivity contribution in [2.24, 2.45) is 0 Å². The zero-order chi connectivity index (χ0) is 20.4. The van der Waals surface area contributed by atoms with Gasteiger partial charge in [-0.25, -0.2) is 4.79 Å². The molecule has 28 heavy (non-hydrogen) atoms. The molecular weight excluding hydrogens is 360 g/mol. The summed E-state index contributed by atoms with van der Waals surface area (Å²) in [5.41, 5.74) is 0.608. The fourth-order valence-electron chi connectivity index (χ4n) is 3.93. The van der Waals surface area contributed by atoms with Crippen LogP contribution in [-0.2, 0) is 19.1 Å². The van der Waals surface area contributed by atoms with Crippen LogP contribution in [0.2, 0.25) is 0 Å². The first kappa shape index (κ1) is 22.9. The van der Waals surface area contributed by atoms with Gasteiger partial charge in [0.1, 0.15) is 12.2 Å². The first-order chi connectivity index (χ1) is 13.5. The van der Waals surface area contributed by atoms with E-state index in [2.05, 4.69) is 0 Å². The summed E-state index contributed by atoms with van der Waals surface area (Å²) < 4.78 is 10.1. The molecular formula is C22H36O6. The highest BCUT2D eigenvalue weighted by molar-refractivity contribution is 5.90. The predicted molar refractivity (Wildman–Crippen MR) is 106 cm³/mol. The van der Waals surface area contributed by atoms with Gasteiger partial charge in [0.05, 0.1) is 12.2 Å². The summed E-state index contributed by atoms with van der Waals surface area (Å²) in [7, 11) is 0. The number of cyclic esters (lactones) is 2. The lowest BCUT2D eigenvalue weighted by atomic mass is 10.0. The van der Waals surface area contributed by atoms with Gasteiger partial charge in [0.25, 0.3) is 0 Å². The van der Waals surface area contributed by atoms with E-state index >= 15 is 0 Å². The number of carbonyl (C=O) groups is 2. The molecule has 2 aliphatic rings. The van der Waals surface area contributed by atoms with Crippen LogP contribution in [0.15, 0.2) is 11.6 Å². The van der Waals surface area contributed by atoms with Gasteiger partial charge >= 0.3 is 11.9 Å². The number of hydrogen-bond donors (Lipinski definition) is 2. The zero-order valence-electron chi connectivity index (χ0n) is 17.1. The number of carbonyl (C=O) groups excluding carboxylic acids is 2. The highest BCUT2D eigenvalue weighted by atomic mass is 16.6. The zero-order valence-corrected chi connectivity index (χ0v) is 17.1. The molecule has 160 valence electrons. The quantitative estimate of drug-likeness (QED) is 0.344. The van der Waals surface area contributed by atoms with E-state index in [9.17, 15) is 19.8 Å². The van der Waals surface area contributed by atoms with Crippen molar-refractivity contribution in [1.82, 2.24) is 0 Å². The molecule has 4 atom stereocenters. The smallest absolute Gasteiger partial charge is 0.334 e. The molecule has 6 nitrogen and oxygen atoms in total. The van der Waals surface area contributed by atoms with Crippen LogP contribution in [0.25, 0.3) is 0 Å². The summed E-state index contributed by atoms with van der Waals surface area (Å²) in [5, 5.41) is 20.1. The first-order valence-electron chi connectivity index (χ1n) is 10.9. The summed E-state index contributed by atoms with van der Waals surface area (Å²) in [4.78, 5) is 22.6. The van der Waals surface area contributed by atoms with Gasteiger partial charge < -0.3 is 19.7 Å². The summed E-state index contributed by atoms with van der Waals surface area (Å²) in [6, 6.07) is 0. The van der Waals surface area contributed by atoms with E-state index in [1.807, 2.05) is 6.92 Å². The fraction of sp³-hybridized carbons (Fsp3) is 0.818. The average molecular weight is 397 g/mol. The van der Waals surface area contributed by atoms with Crippen molar-refractivity contribution < 1.29 is 29.3 Å². The van der Waals surface area contributed by atoms with Crippen molar-refractivity contribution in [2.75, 3.05) is 0 Å². The van der Waals surface area contributed by atoms with Crippen LogP contribution in [0.1, 0.15) is 90.4 Å². The van der Waals surface area contributed by atoms with Crippen LogP contribution >= 0.6 is 0 Å². The van der Waals surface area contributed by atoms with Crippen LogP contribution in [0, 0.1) is 0 Å². The third kappa shape index (κ3) is 8.31. The maximum Gasteiger partial charge on any atom is 0.334 e. The van der Waals surface area contributed by atoms with E-state index in [0.29, 0.717) is 31.3 Å². The van der Waals surface area contributed by atoms with Crippen LogP contribution in [0.3, 0.4) is 0 Å². The summed E-state index contributed by atoms with van der Waals surface area (Å²) in [5.74, 6) is -0.479. The monoisotopic (exact) mass is 396 g/mol. The predicted octanol–water partition coefficient (Wildman–Crippen LogP) is 3.58. The van der Waals surface area contributed by atoms with Crippen molar-refractivity contribution in [3.05, 3.63) is 11.6 Å². The van der Waals surface area contributed by atoms with Crippen molar-refractivity contribution in [2.45, 2.75) is 115 Å². The summed E-state index contributed by atoms with van der Waals surface area (Å²) >= 11 is 0. The molecule has 0 radical (unpaired) electrons. The Morgan fingerprint density at radius 2 is 1.57 bits per heavy atom. The molecule has 0 aliphatic carbocycles. The Bertz CT molecular complexity index is 529. The van der Waals surface area contributed by atoms with Gasteiger partial charge in [0.15, 0.2) is 0 Å². The molecule has 1 saturated heterocycles. The summed E-state index contributed by atoms with van der Waals surface area (Å²) in [6.07, 6.45) is 12.1. The highest BCUT2D eigenvalue weighted by Crippen LogP contribution is 2.22. The van der Waals surface area contributed by atoms with E-state index in [-0.39, 0.29) is 24.1 Å². The van der Waals surface area contributed by atoms with E-state index < -0.39 is 12.2 Å². The van der Waals surface area contributed by atoms with Gasteiger partial charge in [-0.05, 0) is 32.3 Å². The lowest BCUT2D eigenvalue weighted by Crippen LogP contribution is -2.25. The molecule has 0 bridgehead atoms. The van der Waals surface area contributed by atoms with Crippen LogP contribution in [0.4, 0.5) is 0 Å². The van der Waals surface area contributed by atoms with Gasteiger partial charge in [-0.2, -0.15) is 0 Å². The third-order valence-electron chi connectivity index (χ3n) is 5.58. The largest absolute Gasteiger partial charge is 0.460 e. The molecule has 0 saturated carbocycles. The van der Waals surface area contributed by atoms with Crippen LogP contribution in [-0.4, -0.2) is 46.6 Å². The van der Waals surface area contributed by atoms with Gasteiger partial charge in [-0.1, -0.05) is 51.4 Å². The molecule has 2 heterocycles. The Labute approximate surface area is 168 Å². The maximum absolute atomic E-state index is 11.5. The molecule has 0 aromatic heterocycles. The minimum Gasteiger partial charge on any atom is -0.460 e. The molecule has 6 heteroatoms. The molecule has 0 spiro atoms. The Kier molecular flexibility index (Phi) is 9.99. The molecule has 0 aromatic rings. The molecule has 2 rings (SSSR count). The van der Waals surface area contributed by atoms with E-state index in [4.69, 9.17) is 9.47 Å². The Balaban J connectivity index is 1.37. The Morgan fingerprint density at radius 1 is 0.964 bits per heavy atom. The standard InChI is InChI=1S/C22H36O6/c1-16-14-17(22(26)27-16)15-18(23)10-8-6-4-2-3-5-7-9-11-19(24)20-12-13-21(25)28-20/h14,16,18-20,23-24H,2-13,15H2,1H3/t16-,18-,19+,20+/m0/s1. The first-order valence-corrected chi connectivity index (χ1v) is 10.9. The van der Waals surface area contributed by atoms with E-state index in [1.54, 1.807) is 6.08 Å². The van der Waals surface area contributed by atoms with E-state index in [1.165, 1.54) is 12.8 Å². The van der Waals surface area contributed by atoms with Crippen molar-refractivity contribution in [3.63, 3.8) is 0 Å². The van der Waals surface area contributed by atoms with Gasteiger partial charge in [0.2, 0.25) is 0 Å². The number of unbranched alkanes of at least 4 members (excludes halogenated alkanes) is 7. The maximum atomic E-state index is 11.5. The second kappa shape index (κ2) is 12.2. The molecule has 0 unspecified atom stereocenters. The van der Waals surface area contributed by atoms with E-state index in [0.717, 1.165) is 44.9 Å². The molecule has 1 fully saturated rings. The van der Waals surface area contributed by atoms with Crippen molar-refractivity contribution in [1.29, 1.82) is 0 Å². The van der Waals surface area contributed by atoms with Crippen molar-refractivity contribution >= 4 is 11.9 Å². The molecule has 2 aliphatic heterocycles. The Morgan fingerprint density at radius 3 is 2.11 bits per heavy atom. The normalized spacial score (nSPS) is 24.0. The number of ether oxygens (including phenoxy) is 2. The molecule has 2 N–H and O–H groups in total. The molecule has 0 amide bonds. The van der Waals surface area contributed by atoms with Gasteiger partial charge in [-0.15, -0.1) is 0 Å². The second-order valence-electron chi connectivity index (χ2n) is 8.20. The van der Waals surface area contributed by atoms with Crippen LogP contribution < -0.4 is 0 Å². The highest BCUT2D eigenvalue weighted by Gasteiger charge is 2.29. The fourth-order valence-corrected chi connectivity index (χ4v) is 3.93.